The molecule has 0 aromatic carbocycles. The molecule has 0 spiro atoms. The highest BCUT2D eigenvalue weighted by Gasteiger charge is 2.01. The van der Waals surface area contributed by atoms with Crippen molar-refractivity contribution in [2.45, 2.75) is 26.2 Å². The Morgan fingerprint density at radius 3 is 3.00 bits per heavy atom. The predicted molar refractivity (Wildman–Crippen MR) is 68.7 cm³/mol. The summed E-state index contributed by atoms with van der Waals surface area (Å²) in [6.45, 7) is 4.76. The van der Waals surface area contributed by atoms with Crippen LogP contribution in [-0.2, 0) is 11.2 Å². The molecule has 0 aliphatic carbocycles. The maximum absolute atomic E-state index is 11.5. The first-order chi connectivity index (χ1) is 8.33. The van der Waals surface area contributed by atoms with Crippen LogP contribution in [0.5, 0.6) is 0 Å². The lowest BCUT2D eigenvalue weighted by atomic mass is 10.1. The highest BCUT2D eigenvalue weighted by molar-refractivity contribution is 5.76. The number of aryl methyl sites for hydroxylation is 1. The minimum atomic E-state index is 0.116. The molecule has 1 heterocycles. The van der Waals surface area contributed by atoms with Gasteiger partial charge in [-0.15, -0.1) is 0 Å². The first-order valence-corrected chi connectivity index (χ1v) is 6.19. The van der Waals surface area contributed by atoms with E-state index in [4.69, 9.17) is 0 Å². The molecule has 17 heavy (non-hydrogen) atoms. The average Bonchev–Trinajstić information content (AvgIpc) is 2.37. The van der Waals surface area contributed by atoms with E-state index >= 15 is 0 Å². The number of hydrogen-bond donors (Lipinski definition) is 2. The molecule has 0 unspecified atom stereocenters. The van der Waals surface area contributed by atoms with E-state index in [-0.39, 0.29) is 5.91 Å². The van der Waals surface area contributed by atoms with E-state index in [1.807, 2.05) is 12.1 Å². The Hall–Kier alpha value is -1.42. The minimum absolute atomic E-state index is 0.116. The molecule has 0 saturated carbocycles. The lowest BCUT2D eigenvalue weighted by Gasteiger charge is -2.05. The fourth-order valence-electron chi connectivity index (χ4n) is 1.51. The van der Waals surface area contributed by atoms with Crippen LogP contribution in [0.1, 0.15) is 25.3 Å². The van der Waals surface area contributed by atoms with Crippen molar-refractivity contribution in [1.82, 2.24) is 15.6 Å². The van der Waals surface area contributed by atoms with Gasteiger partial charge in [0.25, 0.3) is 0 Å². The van der Waals surface area contributed by atoms with E-state index in [2.05, 4.69) is 22.5 Å². The zero-order chi connectivity index (χ0) is 12.3. The van der Waals surface area contributed by atoms with Gasteiger partial charge >= 0.3 is 0 Å². The summed E-state index contributed by atoms with van der Waals surface area (Å²) < 4.78 is 0. The molecule has 0 fully saturated rings. The van der Waals surface area contributed by atoms with Gasteiger partial charge in [0.15, 0.2) is 0 Å². The smallest absolute Gasteiger partial charge is 0.220 e. The zero-order valence-electron chi connectivity index (χ0n) is 10.4. The van der Waals surface area contributed by atoms with Crippen LogP contribution in [0.4, 0.5) is 0 Å². The van der Waals surface area contributed by atoms with Gasteiger partial charge in [-0.25, -0.2) is 0 Å². The maximum atomic E-state index is 11.5. The zero-order valence-corrected chi connectivity index (χ0v) is 10.4. The van der Waals surface area contributed by atoms with Crippen LogP contribution >= 0.6 is 0 Å². The lowest BCUT2D eigenvalue weighted by Crippen LogP contribution is -2.27. The molecule has 0 aliphatic rings. The molecule has 4 heteroatoms. The van der Waals surface area contributed by atoms with E-state index in [9.17, 15) is 4.79 Å². The van der Waals surface area contributed by atoms with Crippen molar-refractivity contribution in [3.63, 3.8) is 0 Å². The van der Waals surface area contributed by atoms with Gasteiger partial charge in [0.2, 0.25) is 5.91 Å². The van der Waals surface area contributed by atoms with Crippen LogP contribution in [0.3, 0.4) is 0 Å². The summed E-state index contributed by atoms with van der Waals surface area (Å²) in [5, 5.41) is 6.13. The van der Waals surface area contributed by atoms with Gasteiger partial charge in [-0.3, -0.25) is 9.78 Å². The molecule has 1 aromatic rings. The Kier molecular flexibility index (Phi) is 6.98. The summed E-state index contributed by atoms with van der Waals surface area (Å²) in [4.78, 5) is 15.5. The SMILES string of the molecule is CCNCCCNC(=O)CCc1cccnc1. The van der Waals surface area contributed by atoms with Gasteiger partial charge in [-0.05, 0) is 37.6 Å². The Morgan fingerprint density at radius 1 is 1.41 bits per heavy atom. The molecular weight excluding hydrogens is 214 g/mol. The second kappa shape index (κ2) is 8.70. The van der Waals surface area contributed by atoms with Gasteiger partial charge in [-0.2, -0.15) is 0 Å². The molecule has 1 aromatic heterocycles. The summed E-state index contributed by atoms with van der Waals surface area (Å²) in [7, 11) is 0. The van der Waals surface area contributed by atoms with Crippen molar-refractivity contribution in [1.29, 1.82) is 0 Å². The standard InChI is InChI=1S/C13H21N3O/c1-2-14-9-4-10-16-13(17)7-6-12-5-3-8-15-11-12/h3,5,8,11,14H,2,4,6-7,9-10H2,1H3,(H,16,17). The third kappa shape index (κ3) is 6.68. The minimum Gasteiger partial charge on any atom is -0.356 e. The number of carbonyl (C=O) groups is 1. The molecule has 0 aliphatic heterocycles. The molecule has 94 valence electrons. The van der Waals surface area contributed by atoms with Gasteiger partial charge in [0, 0.05) is 25.4 Å². The third-order valence-corrected chi connectivity index (χ3v) is 2.47. The van der Waals surface area contributed by atoms with Crippen LogP contribution in [-0.4, -0.2) is 30.5 Å². The number of aromatic nitrogens is 1. The van der Waals surface area contributed by atoms with Crippen molar-refractivity contribution in [3.05, 3.63) is 30.1 Å². The summed E-state index contributed by atoms with van der Waals surface area (Å²) in [6, 6.07) is 3.88. The average molecular weight is 235 g/mol. The summed E-state index contributed by atoms with van der Waals surface area (Å²) in [6.07, 6.45) is 5.81. The first kappa shape index (κ1) is 13.6. The largest absolute Gasteiger partial charge is 0.356 e. The molecule has 0 bridgehead atoms. The Labute approximate surface area is 103 Å². The van der Waals surface area contributed by atoms with Crippen LogP contribution in [0.15, 0.2) is 24.5 Å². The van der Waals surface area contributed by atoms with E-state index in [0.29, 0.717) is 6.42 Å². The molecular formula is C13H21N3O. The van der Waals surface area contributed by atoms with Gasteiger partial charge in [0.05, 0.1) is 0 Å². The molecule has 1 rings (SSSR count). The monoisotopic (exact) mass is 235 g/mol. The second-order valence-electron chi connectivity index (χ2n) is 3.92. The maximum Gasteiger partial charge on any atom is 0.220 e. The van der Waals surface area contributed by atoms with Crippen molar-refractivity contribution < 1.29 is 4.79 Å². The number of amides is 1. The van der Waals surface area contributed by atoms with Crippen molar-refractivity contribution in [2.75, 3.05) is 19.6 Å². The Bertz CT molecular complexity index is 314. The van der Waals surface area contributed by atoms with Gasteiger partial charge in [0.1, 0.15) is 0 Å². The number of rotatable bonds is 8. The second-order valence-corrected chi connectivity index (χ2v) is 3.92. The molecule has 0 radical (unpaired) electrons. The molecule has 0 saturated heterocycles. The summed E-state index contributed by atoms with van der Waals surface area (Å²) in [5.41, 5.74) is 1.11. The fraction of sp³-hybridized carbons (Fsp3) is 0.538. The lowest BCUT2D eigenvalue weighted by molar-refractivity contribution is -0.121. The van der Waals surface area contributed by atoms with Crippen LogP contribution < -0.4 is 10.6 Å². The highest BCUT2D eigenvalue weighted by atomic mass is 16.1. The highest BCUT2D eigenvalue weighted by Crippen LogP contribution is 1.99. The first-order valence-electron chi connectivity index (χ1n) is 6.19. The molecule has 0 atom stereocenters. The topological polar surface area (TPSA) is 54.0 Å². The van der Waals surface area contributed by atoms with Crippen LogP contribution in [0.25, 0.3) is 0 Å². The number of hydrogen-bond acceptors (Lipinski definition) is 3. The van der Waals surface area contributed by atoms with E-state index < -0.39 is 0 Å². The fourth-order valence-corrected chi connectivity index (χ4v) is 1.51. The van der Waals surface area contributed by atoms with Crippen LogP contribution in [0.2, 0.25) is 0 Å². The number of nitrogens with zero attached hydrogens (tertiary/aromatic N) is 1. The molecule has 1 amide bonds. The Morgan fingerprint density at radius 2 is 2.29 bits per heavy atom. The third-order valence-electron chi connectivity index (χ3n) is 2.47. The summed E-state index contributed by atoms with van der Waals surface area (Å²) >= 11 is 0. The Balaban J connectivity index is 2.05. The van der Waals surface area contributed by atoms with Crippen LogP contribution in [0, 0.1) is 0 Å². The van der Waals surface area contributed by atoms with Gasteiger partial charge in [-0.1, -0.05) is 13.0 Å². The quantitative estimate of drug-likeness (QED) is 0.664. The number of pyridine rings is 1. The normalized spacial score (nSPS) is 10.2. The molecule has 2 N–H and O–H groups in total. The number of carbonyl (C=O) groups excluding carboxylic acids is 1. The van der Waals surface area contributed by atoms with E-state index in [0.717, 1.165) is 38.0 Å². The molecule has 4 nitrogen and oxygen atoms in total. The predicted octanol–water partition coefficient (Wildman–Crippen LogP) is 1.13. The van der Waals surface area contributed by atoms with E-state index in [1.165, 1.54) is 0 Å². The van der Waals surface area contributed by atoms with Crippen molar-refractivity contribution in [3.8, 4) is 0 Å². The van der Waals surface area contributed by atoms with E-state index in [1.54, 1.807) is 12.4 Å². The van der Waals surface area contributed by atoms with Gasteiger partial charge < -0.3 is 10.6 Å². The van der Waals surface area contributed by atoms with Crippen molar-refractivity contribution in [2.24, 2.45) is 0 Å². The van der Waals surface area contributed by atoms with Crippen molar-refractivity contribution >= 4 is 5.91 Å². The summed E-state index contributed by atoms with van der Waals surface area (Å²) in [5.74, 6) is 0.116. The number of nitrogens with one attached hydrogen (secondary N) is 2.